The fourth-order valence-corrected chi connectivity index (χ4v) is 1.10. The van der Waals surface area contributed by atoms with Crippen LogP contribution in [-0.4, -0.2) is 31.6 Å². The van der Waals surface area contributed by atoms with Crippen LogP contribution in [0.4, 0.5) is 0 Å². The molecule has 50 valence electrons. The molecule has 0 aromatic heterocycles. The molecule has 0 aromatic carbocycles. The first-order chi connectivity index (χ1) is 4.47. The lowest BCUT2D eigenvalue weighted by Gasteiger charge is -2.23. The van der Waals surface area contributed by atoms with E-state index in [-0.39, 0.29) is 6.10 Å². The second-order valence-electron chi connectivity index (χ2n) is 2.26. The van der Waals surface area contributed by atoms with Crippen molar-refractivity contribution in [3.63, 3.8) is 0 Å². The van der Waals surface area contributed by atoms with Crippen molar-refractivity contribution >= 4 is 6.40 Å². The van der Waals surface area contributed by atoms with Crippen LogP contribution in [0.15, 0.2) is 4.99 Å². The zero-order valence-corrected chi connectivity index (χ0v) is 5.00. The monoisotopic (exact) mass is 127 g/mol. The summed E-state index contributed by atoms with van der Waals surface area (Å²) in [4.78, 5) is 4.11. The molecule has 1 saturated heterocycles. The number of aliphatic imine (C=N–C) groups is 1. The molecule has 4 heteroatoms. The third-order valence-electron chi connectivity index (χ3n) is 1.66. The van der Waals surface area contributed by atoms with Crippen molar-refractivity contribution in [3.05, 3.63) is 0 Å². The van der Waals surface area contributed by atoms with E-state index in [2.05, 4.69) is 15.8 Å². The summed E-state index contributed by atoms with van der Waals surface area (Å²) in [5, 5.41) is 0. The summed E-state index contributed by atoms with van der Waals surface area (Å²) in [6.07, 6.45) is 1.82. The van der Waals surface area contributed by atoms with Gasteiger partial charge >= 0.3 is 0 Å². The molecule has 0 spiro atoms. The molecule has 2 N–H and O–H groups in total. The molecular formula is C5H9N3O. The molecule has 2 aliphatic rings. The molecule has 0 radical (unpaired) electrons. The van der Waals surface area contributed by atoms with Gasteiger partial charge in [0.25, 0.3) is 0 Å². The zero-order chi connectivity index (χ0) is 6.10. The Morgan fingerprint density at radius 1 is 1.44 bits per heavy atom. The van der Waals surface area contributed by atoms with Gasteiger partial charge < -0.3 is 4.74 Å². The van der Waals surface area contributed by atoms with E-state index in [0.717, 1.165) is 13.1 Å². The number of ether oxygens (including phenoxy) is 1. The highest BCUT2D eigenvalue weighted by Crippen LogP contribution is 2.09. The van der Waals surface area contributed by atoms with Gasteiger partial charge in [0, 0.05) is 13.1 Å². The van der Waals surface area contributed by atoms with Crippen LogP contribution in [0.1, 0.15) is 0 Å². The average molecular weight is 127 g/mol. The number of hydrazine groups is 1. The van der Waals surface area contributed by atoms with E-state index in [0.29, 0.717) is 6.04 Å². The van der Waals surface area contributed by atoms with Gasteiger partial charge in [0.2, 0.25) is 0 Å². The number of nitrogens with one attached hydrogen (secondary N) is 2. The molecule has 2 heterocycles. The topological polar surface area (TPSA) is 45.7 Å². The van der Waals surface area contributed by atoms with Gasteiger partial charge in [-0.3, -0.25) is 10.9 Å². The van der Waals surface area contributed by atoms with Gasteiger partial charge in [0.1, 0.15) is 12.1 Å². The number of rotatable bonds is 0. The Kier molecular flexibility index (Phi) is 1.13. The summed E-state index contributed by atoms with van der Waals surface area (Å²) in [6, 6.07) is 0.339. The number of nitrogens with zero attached hydrogens (tertiary/aromatic N) is 1. The third-order valence-corrected chi connectivity index (χ3v) is 1.66. The van der Waals surface area contributed by atoms with Gasteiger partial charge in [-0.1, -0.05) is 0 Å². The maximum Gasteiger partial charge on any atom is 0.170 e. The molecule has 0 aromatic rings. The zero-order valence-electron chi connectivity index (χ0n) is 5.00. The first kappa shape index (κ1) is 5.20. The fraction of sp³-hybridized carbons (Fsp3) is 0.800. The Balaban J connectivity index is 2.03. The van der Waals surface area contributed by atoms with Crippen molar-refractivity contribution in [1.29, 1.82) is 0 Å². The molecule has 2 unspecified atom stereocenters. The molecule has 9 heavy (non-hydrogen) atoms. The smallest absolute Gasteiger partial charge is 0.170 e. The second kappa shape index (κ2) is 1.97. The lowest BCUT2D eigenvalue weighted by Crippen LogP contribution is -2.52. The molecule has 2 aliphatic heterocycles. The van der Waals surface area contributed by atoms with Gasteiger partial charge in [0.05, 0.1) is 0 Å². The number of fused-ring (bicyclic) bond motifs is 1. The molecule has 0 bridgehead atoms. The minimum Gasteiger partial charge on any atom is -0.477 e. The summed E-state index contributed by atoms with van der Waals surface area (Å²) in [7, 11) is 0. The summed E-state index contributed by atoms with van der Waals surface area (Å²) in [5.41, 5.74) is 6.01. The van der Waals surface area contributed by atoms with E-state index in [1.54, 1.807) is 6.40 Å². The Bertz CT molecular complexity index is 136. The largest absolute Gasteiger partial charge is 0.477 e. The summed E-state index contributed by atoms with van der Waals surface area (Å²) < 4.78 is 5.16. The summed E-state index contributed by atoms with van der Waals surface area (Å²) in [6.45, 7) is 1.73. The van der Waals surface area contributed by atoms with Crippen molar-refractivity contribution in [3.8, 4) is 0 Å². The Hall–Kier alpha value is -0.610. The molecule has 1 fully saturated rings. The van der Waals surface area contributed by atoms with Crippen molar-refractivity contribution in [2.24, 2.45) is 4.99 Å². The first-order valence-corrected chi connectivity index (χ1v) is 3.09. The van der Waals surface area contributed by atoms with Crippen LogP contribution in [-0.2, 0) is 4.74 Å². The van der Waals surface area contributed by atoms with E-state index in [9.17, 15) is 0 Å². The Labute approximate surface area is 53.3 Å². The molecule has 2 atom stereocenters. The third kappa shape index (κ3) is 0.799. The fourth-order valence-electron chi connectivity index (χ4n) is 1.10. The van der Waals surface area contributed by atoms with E-state index in [1.165, 1.54) is 0 Å². The predicted octanol–water partition coefficient (Wildman–Crippen LogP) is -1.11. The van der Waals surface area contributed by atoms with E-state index < -0.39 is 0 Å². The van der Waals surface area contributed by atoms with Crippen LogP contribution in [0.5, 0.6) is 0 Å². The number of hydrogen-bond donors (Lipinski definition) is 2. The van der Waals surface area contributed by atoms with Gasteiger partial charge in [-0.25, -0.2) is 4.99 Å². The average Bonchev–Trinajstić information content (AvgIpc) is 2.33. The van der Waals surface area contributed by atoms with Crippen molar-refractivity contribution in [2.75, 3.05) is 13.1 Å². The molecular weight excluding hydrogens is 118 g/mol. The van der Waals surface area contributed by atoms with Crippen LogP contribution in [0, 0.1) is 0 Å². The highest BCUT2D eigenvalue weighted by Gasteiger charge is 2.28. The Morgan fingerprint density at radius 3 is 3.22 bits per heavy atom. The SMILES string of the molecule is C1=NC2CNNCC2O1. The minimum atomic E-state index is 0.270. The standard InChI is InChI=1S/C5H9N3O/c1-4-5(2-8-7-1)9-3-6-4/h3-5,7-8H,1-2H2. The van der Waals surface area contributed by atoms with Gasteiger partial charge in [-0.15, -0.1) is 0 Å². The molecule has 2 rings (SSSR count). The van der Waals surface area contributed by atoms with Crippen molar-refractivity contribution < 1.29 is 4.74 Å². The van der Waals surface area contributed by atoms with Crippen LogP contribution < -0.4 is 10.9 Å². The van der Waals surface area contributed by atoms with E-state index in [4.69, 9.17) is 4.74 Å². The van der Waals surface area contributed by atoms with E-state index >= 15 is 0 Å². The van der Waals surface area contributed by atoms with Gasteiger partial charge in [-0.2, -0.15) is 0 Å². The Morgan fingerprint density at radius 2 is 2.33 bits per heavy atom. The molecule has 0 saturated carbocycles. The molecule has 0 aliphatic carbocycles. The van der Waals surface area contributed by atoms with Gasteiger partial charge in [0.15, 0.2) is 6.40 Å². The number of hydrogen-bond acceptors (Lipinski definition) is 4. The second-order valence-corrected chi connectivity index (χ2v) is 2.26. The van der Waals surface area contributed by atoms with E-state index in [1.807, 2.05) is 0 Å². The normalized spacial score (nSPS) is 40.0. The van der Waals surface area contributed by atoms with Crippen LogP contribution in [0.25, 0.3) is 0 Å². The maximum absolute atomic E-state index is 5.16. The van der Waals surface area contributed by atoms with Gasteiger partial charge in [-0.05, 0) is 0 Å². The highest BCUT2D eigenvalue weighted by atomic mass is 16.5. The van der Waals surface area contributed by atoms with Crippen molar-refractivity contribution in [2.45, 2.75) is 12.1 Å². The van der Waals surface area contributed by atoms with Crippen LogP contribution in [0.3, 0.4) is 0 Å². The predicted molar refractivity (Wildman–Crippen MR) is 33.2 cm³/mol. The van der Waals surface area contributed by atoms with Crippen LogP contribution >= 0.6 is 0 Å². The summed E-state index contributed by atoms with van der Waals surface area (Å²) >= 11 is 0. The maximum atomic E-state index is 5.16. The van der Waals surface area contributed by atoms with Crippen molar-refractivity contribution in [1.82, 2.24) is 10.9 Å². The lowest BCUT2D eigenvalue weighted by molar-refractivity contribution is 0.160. The minimum absolute atomic E-state index is 0.270. The van der Waals surface area contributed by atoms with Crippen LogP contribution in [0.2, 0.25) is 0 Å². The summed E-state index contributed by atoms with van der Waals surface area (Å²) in [5.74, 6) is 0. The lowest BCUT2D eigenvalue weighted by atomic mass is 10.1. The quantitative estimate of drug-likeness (QED) is 0.433. The highest BCUT2D eigenvalue weighted by molar-refractivity contribution is 5.50. The first-order valence-electron chi connectivity index (χ1n) is 3.09. The molecule has 0 amide bonds. The molecule has 4 nitrogen and oxygen atoms in total.